The Kier molecular flexibility index (Phi) is 4.71. The number of nitrogens with zero attached hydrogens (tertiary/aromatic N) is 2. The summed E-state index contributed by atoms with van der Waals surface area (Å²) in [7, 11) is 1.60. The fourth-order valence-electron chi connectivity index (χ4n) is 1.80. The smallest absolute Gasteiger partial charge is 0.239 e. The molecule has 1 aromatic heterocycles. The summed E-state index contributed by atoms with van der Waals surface area (Å²) >= 11 is 0. The van der Waals surface area contributed by atoms with Crippen molar-refractivity contribution in [3.8, 4) is 11.3 Å². The summed E-state index contributed by atoms with van der Waals surface area (Å²) in [5, 5.41) is 9.59. The van der Waals surface area contributed by atoms with E-state index in [0.29, 0.717) is 6.54 Å². The lowest BCUT2D eigenvalue weighted by Gasteiger charge is -2.14. The predicted octanol–water partition coefficient (Wildman–Crippen LogP) is 1.17. The SMILES string of the molecule is CC(=O)N(C)CC(=O)NCc1ccc(-c2ccn[nH]2)cc1. The average molecular weight is 286 g/mol. The summed E-state index contributed by atoms with van der Waals surface area (Å²) < 4.78 is 0. The summed E-state index contributed by atoms with van der Waals surface area (Å²) in [6, 6.07) is 9.73. The molecule has 0 saturated heterocycles. The van der Waals surface area contributed by atoms with E-state index < -0.39 is 0 Å². The Morgan fingerprint density at radius 2 is 1.95 bits per heavy atom. The minimum absolute atomic E-state index is 0.0710. The molecule has 6 nitrogen and oxygen atoms in total. The third-order valence-electron chi connectivity index (χ3n) is 3.17. The van der Waals surface area contributed by atoms with Crippen molar-refractivity contribution in [2.75, 3.05) is 13.6 Å². The summed E-state index contributed by atoms with van der Waals surface area (Å²) in [5.41, 5.74) is 2.99. The van der Waals surface area contributed by atoms with Crippen LogP contribution in [0.25, 0.3) is 11.3 Å². The first-order chi connectivity index (χ1) is 10.1. The van der Waals surface area contributed by atoms with Crippen LogP contribution in [0.15, 0.2) is 36.5 Å². The molecule has 0 unspecified atom stereocenters. The second-order valence-electron chi connectivity index (χ2n) is 4.82. The fraction of sp³-hybridized carbons (Fsp3) is 0.267. The molecule has 0 atom stereocenters. The van der Waals surface area contributed by atoms with E-state index in [9.17, 15) is 9.59 Å². The number of carbonyl (C=O) groups is 2. The molecule has 1 aromatic carbocycles. The molecule has 0 bridgehead atoms. The third kappa shape index (κ3) is 4.17. The van der Waals surface area contributed by atoms with Crippen LogP contribution in [0.2, 0.25) is 0 Å². The Morgan fingerprint density at radius 1 is 1.24 bits per heavy atom. The van der Waals surface area contributed by atoms with Gasteiger partial charge < -0.3 is 10.2 Å². The molecule has 110 valence electrons. The second-order valence-corrected chi connectivity index (χ2v) is 4.82. The van der Waals surface area contributed by atoms with Crippen LogP contribution in [0.4, 0.5) is 0 Å². The van der Waals surface area contributed by atoms with Crippen LogP contribution in [-0.2, 0) is 16.1 Å². The molecule has 2 N–H and O–H groups in total. The second kappa shape index (κ2) is 6.69. The maximum Gasteiger partial charge on any atom is 0.239 e. The molecular weight excluding hydrogens is 268 g/mol. The van der Waals surface area contributed by atoms with Crippen molar-refractivity contribution < 1.29 is 9.59 Å². The molecule has 0 spiro atoms. The lowest BCUT2D eigenvalue weighted by atomic mass is 10.1. The first-order valence-corrected chi connectivity index (χ1v) is 6.63. The zero-order chi connectivity index (χ0) is 15.2. The van der Waals surface area contributed by atoms with Gasteiger partial charge in [-0.1, -0.05) is 24.3 Å². The van der Waals surface area contributed by atoms with Gasteiger partial charge in [0.05, 0.1) is 12.2 Å². The Morgan fingerprint density at radius 3 is 2.52 bits per heavy atom. The summed E-state index contributed by atoms with van der Waals surface area (Å²) in [6.07, 6.45) is 1.70. The van der Waals surface area contributed by atoms with Gasteiger partial charge in [0, 0.05) is 26.7 Å². The highest BCUT2D eigenvalue weighted by atomic mass is 16.2. The summed E-state index contributed by atoms with van der Waals surface area (Å²) in [4.78, 5) is 24.1. The minimum atomic E-state index is -0.176. The molecule has 2 amide bonds. The first kappa shape index (κ1) is 14.8. The van der Waals surface area contributed by atoms with E-state index in [1.165, 1.54) is 11.8 Å². The number of rotatable bonds is 5. The van der Waals surface area contributed by atoms with Crippen molar-refractivity contribution in [3.63, 3.8) is 0 Å². The number of aromatic nitrogens is 2. The van der Waals surface area contributed by atoms with Gasteiger partial charge in [-0.25, -0.2) is 0 Å². The Balaban J connectivity index is 1.86. The number of likely N-dealkylation sites (N-methyl/N-ethyl adjacent to an activating group) is 1. The van der Waals surface area contributed by atoms with Gasteiger partial charge in [-0.3, -0.25) is 14.7 Å². The van der Waals surface area contributed by atoms with Crippen molar-refractivity contribution in [1.82, 2.24) is 20.4 Å². The van der Waals surface area contributed by atoms with E-state index in [-0.39, 0.29) is 18.4 Å². The molecule has 0 saturated carbocycles. The van der Waals surface area contributed by atoms with Gasteiger partial charge in [0.25, 0.3) is 0 Å². The average Bonchev–Trinajstić information content (AvgIpc) is 2.99. The topological polar surface area (TPSA) is 78.1 Å². The monoisotopic (exact) mass is 286 g/mol. The molecular formula is C15H18N4O2. The molecule has 0 aliphatic heterocycles. The van der Waals surface area contributed by atoms with Gasteiger partial charge in [-0.05, 0) is 17.2 Å². The number of carbonyl (C=O) groups excluding carboxylic acids is 2. The van der Waals surface area contributed by atoms with Gasteiger partial charge in [0.1, 0.15) is 0 Å². The molecule has 21 heavy (non-hydrogen) atoms. The zero-order valence-corrected chi connectivity index (χ0v) is 12.1. The fourth-order valence-corrected chi connectivity index (χ4v) is 1.80. The van der Waals surface area contributed by atoms with Crippen molar-refractivity contribution in [2.24, 2.45) is 0 Å². The number of hydrogen-bond donors (Lipinski definition) is 2. The quantitative estimate of drug-likeness (QED) is 0.866. The predicted molar refractivity (Wildman–Crippen MR) is 79.2 cm³/mol. The first-order valence-electron chi connectivity index (χ1n) is 6.63. The number of amides is 2. The third-order valence-corrected chi connectivity index (χ3v) is 3.17. The maximum atomic E-state index is 11.7. The Labute approximate surface area is 123 Å². The molecule has 6 heteroatoms. The molecule has 0 fully saturated rings. The van der Waals surface area contributed by atoms with Gasteiger partial charge >= 0.3 is 0 Å². The molecule has 0 radical (unpaired) electrons. The van der Waals surface area contributed by atoms with Crippen LogP contribution in [0, 0.1) is 0 Å². The van der Waals surface area contributed by atoms with E-state index in [0.717, 1.165) is 16.8 Å². The molecule has 0 aliphatic carbocycles. The highest BCUT2D eigenvalue weighted by Gasteiger charge is 2.08. The number of nitrogens with one attached hydrogen (secondary N) is 2. The number of benzene rings is 1. The number of hydrogen-bond acceptors (Lipinski definition) is 3. The van der Waals surface area contributed by atoms with Crippen LogP contribution in [-0.4, -0.2) is 40.5 Å². The van der Waals surface area contributed by atoms with Crippen LogP contribution in [0.5, 0.6) is 0 Å². The van der Waals surface area contributed by atoms with E-state index >= 15 is 0 Å². The highest BCUT2D eigenvalue weighted by Crippen LogP contribution is 2.16. The van der Waals surface area contributed by atoms with Crippen LogP contribution in [0.1, 0.15) is 12.5 Å². The molecule has 0 aliphatic rings. The lowest BCUT2D eigenvalue weighted by Crippen LogP contribution is -2.36. The van der Waals surface area contributed by atoms with E-state index in [1.807, 2.05) is 30.3 Å². The van der Waals surface area contributed by atoms with E-state index in [4.69, 9.17) is 0 Å². The Hall–Kier alpha value is -2.63. The van der Waals surface area contributed by atoms with Crippen LogP contribution in [0.3, 0.4) is 0 Å². The normalized spacial score (nSPS) is 10.2. The van der Waals surface area contributed by atoms with Crippen molar-refractivity contribution in [1.29, 1.82) is 0 Å². The number of aromatic amines is 1. The Bertz CT molecular complexity index is 605. The van der Waals surface area contributed by atoms with Crippen LogP contribution >= 0.6 is 0 Å². The molecule has 2 rings (SSSR count). The van der Waals surface area contributed by atoms with Crippen molar-refractivity contribution in [3.05, 3.63) is 42.1 Å². The van der Waals surface area contributed by atoms with Gasteiger partial charge in [-0.15, -0.1) is 0 Å². The maximum absolute atomic E-state index is 11.7. The lowest BCUT2D eigenvalue weighted by molar-refractivity contribution is -0.133. The summed E-state index contributed by atoms with van der Waals surface area (Å²) in [6.45, 7) is 1.94. The standard InChI is InChI=1S/C15H18N4O2/c1-11(20)19(2)10-15(21)16-9-12-3-5-13(6-4-12)14-7-8-17-18-14/h3-8H,9-10H2,1-2H3,(H,16,21)(H,17,18). The number of H-pyrrole nitrogens is 1. The van der Waals surface area contributed by atoms with Crippen molar-refractivity contribution >= 4 is 11.8 Å². The van der Waals surface area contributed by atoms with Crippen LogP contribution < -0.4 is 5.32 Å². The molecule has 1 heterocycles. The van der Waals surface area contributed by atoms with Gasteiger partial charge in [0.2, 0.25) is 11.8 Å². The van der Waals surface area contributed by atoms with Gasteiger partial charge in [-0.2, -0.15) is 5.10 Å². The molecule has 2 aromatic rings. The largest absolute Gasteiger partial charge is 0.350 e. The van der Waals surface area contributed by atoms with E-state index in [2.05, 4.69) is 15.5 Å². The van der Waals surface area contributed by atoms with Crippen molar-refractivity contribution in [2.45, 2.75) is 13.5 Å². The summed E-state index contributed by atoms with van der Waals surface area (Å²) in [5.74, 6) is -0.306. The minimum Gasteiger partial charge on any atom is -0.350 e. The van der Waals surface area contributed by atoms with E-state index in [1.54, 1.807) is 13.2 Å². The van der Waals surface area contributed by atoms with Gasteiger partial charge in [0.15, 0.2) is 0 Å². The highest BCUT2D eigenvalue weighted by molar-refractivity contribution is 5.83. The zero-order valence-electron chi connectivity index (χ0n) is 12.1.